The van der Waals surface area contributed by atoms with Crippen LogP contribution in [0.4, 0.5) is 4.79 Å². The normalized spacial score (nSPS) is 10.9. The third-order valence-corrected chi connectivity index (χ3v) is 3.76. The summed E-state index contributed by atoms with van der Waals surface area (Å²) in [5, 5.41) is 15.9. The summed E-state index contributed by atoms with van der Waals surface area (Å²) in [5.74, 6) is -1.09. The van der Waals surface area contributed by atoms with Crippen molar-refractivity contribution < 1.29 is 23.5 Å². The Bertz CT molecular complexity index is 1090. The summed E-state index contributed by atoms with van der Waals surface area (Å²) in [4.78, 5) is 36.2. The van der Waals surface area contributed by atoms with Crippen molar-refractivity contribution in [1.82, 2.24) is 30.8 Å². The lowest BCUT2D eigenvalue weighted by Gasteiger charge is -2.10. The Kier molecular flexibility index (Phi) is 7.03. The topological polar surface area (TPSA) is 141 Å². The number of nitrogens with zero attached hydrogens (tertiary/aromatic N) is 4. The van der Waals surface area contributed by atoms with Gasteiger partial charge in [0.15, 0.2) is 18.1 Å². The van der Waals surface area contributed by atoms with Crippen molar-refractivity contribution in [3.63, 3.8) is 0 Å². The smallest absolute Gasteiger partial charge is 0.357 e. The highest BCUT2D eigenvalue weighted by molar-refractivity contribution is 6.16. The summed E-state index contributed by atoms with van der Waals surface area (Å²) >= 11 is 0. The molecule has 0 aliphatic heterocycles. The quantitative estimate of drug-likeness (QED) is 0.316. The van der Waals surface area contributed by atoms with Crippen LogP contribution in [-0.4, -0.2) is 51.3 Å². The average Bonchev–Trinajstić information content (AvgIpc) is 3.47. The minimum Gasteiger partial charge on any atom is -0.465 e. The van der Waals surface area contributed by atoms with Crippen LogP contribution in [0.1, 0.15) is 5.76 Å². The lowest BCUT2D eigenvalue weighted by molar-refractivity contribution is -0.142. The summed E-state index contributed by atoms with van der Waals surface area (Å²) in [6.45, 7) is 2.93. The van der Waals surface area contributed by atoms with Gasteiger partial charge in [-0.05, 0) is 22.6 Å². The molecule has 3 amide bonds. The molecule has 0 fully saturated rings. The molecule has 0 bridgehead atoms. The van der Waals surface area contributed by atoms with Crippen LogP contribution in [0.25, 0.3) is 23.2 Å². The van der Waals surface area contributed by atoms with Crippen LogP contribution in [0.2, 0.25) is 0 Å². The Hall–Kier alpha value is -4.54. The molecule has 0 spiro atoms. The molecule has 11 nitrogen and oxygen atoms in total. The molecule has 0 saturated heterocycles. The molecule has 0 saturated carbocycles. The maximum atomic E-state index is 12.8. The second-order valence-corrected chi connectivity index (χ2v) is 5.95. The van der Waals surface area contributed by atoms with E-state index < -0.39 is 24.5 Å². The van der Waals surface area contributed by atoms with Crippen LogP contribution in [-0.2, 0) is 14.3 Å². The minimum absolute atomic E-state index is 0.0947. The fourth-order valence-electron chi connectivity index (χ4n) is 2.41. The van der Waals surface area contributed by atoms with Crippen molar-refractivity contribution in [2.45, 2.75) is 0 Å². The fraction of sp³-hybridized carbons (Fsp3) is 0.100. The van der Waals surface area contributed by atoms with E-state index in [1.54, 1.807) is 36.4 Å². The first-order chi connectivity index (χ1) is 15.1. The highest BCUT2D eigenvalue weighted by Crippen LogP contribution is 2.21. The minimum atomic E-state index is -0.900. The molecule has 3 aromatic rings. The summed E-state index contributed by atoms with van der Waals surface area (Å²) in [6, 6.07) is 11.5. The Morgan fingerprint density at radius 1 is 1.16 bits per heavy atom. The highest BCUT2D eigenvalue weighted by Gasteiger charge is 2.22. The van der Waals surface area contributed by atoms with Crippen molar-refractivity contribution in [3.8, 4) is 11.4 Å². The molecule has 0 unspecified atom stereocenters. The number of tetrazole rings is 1. The van der Waals surface area contributed by atoms with Gasteiger partial charge in [0.1, 0.15) is 5.76 Å². The summed E-state index contributed by atoms with van der Waals surface area (Å²) in [5.41, 5.74) is 0.560. The first-order valence-corrected chi connectivity index (χ1v) is 9.03. The second-order valence-electron chi connectivity index (χ2n) is 5.95. The lowest BCUT2D eigenvalue weighted by atomic mass is 10.2. The van der Waals surface area contributed by atoms with Crippen LogP contribution in [0.3, 0.4) is 0 Å². The molecular weight excluding hydrogens is 404 g/mol. The highest BCUT2D eigenvalue weighted by atomic mass is 16.5. The SMILES string of the molecule is C=CCNC(=O)NC(=O)COC(=O)/C(=C/c1ccco1)n1nnnc1-c1ccccc1. The van der Waals surface area contributed by atoms with E-state index in [1.807, 2.05) is 11.4 Å². The summed E-state index contributed by atoms with van der Waals surface area (Å²) < 4.78 is 11.5. The molecule has 2 aromatic heterocycles. The zero-order valence-corrected chi connectivity index (χ0v) is 16.2. The maximum absolute atomic E-state index is 12.8. The number of amides is 3. The number of rotatable bonds is 8. The number of benzene rings is 1. The lowest BCUT2D eigenvalue weighted by Crippen LogP contribution is -2.41. The largest absolute Gasteiger partial charge is 0.465 e. The third kappa shape index (κ3) is 5.73. The van der Waals surface area contributed by atoms with Gasteiger partial charge in [-0.1, -0.05) is 36.4 Å². The molecule has 0 atom stereocenters. The van der Waals surface area contributed by atoms with Crippen LogP contribution in [0.5, 0.6) is 0 Å². The van der Waals surface area contributed by atoms with E-state index in [0.717, 1.165) is 0 Å². The van der Waals surface area contributed by atoms with Crippen molar-refractivity contribution >= 4 is 29.7 Å². The van der Waals surface area contributed by atoms with E-state index in [0.29, 0.717) is 11.3 Å². The van der Waals surface area contributed by atoms with Gasteiger partial charge in [-0.3, -0.25) is 10.1 Å². The first-order valence-electron chi connectivity index (χ1n) is 9.03. The van der Waals surface area contributed by atoms with Crippen LogP contribution in [0.15, 0.2) is 65.8 Å². The monoisotopic (exact) mass is 422 g/mol. The molecule has 3 rings (SSSR count). The van der Waals surface area contributed by atoms with Crippen LogP contribution in [0, 0.1) is 0 Å². The molecule has 0 aliphatic rings. The van der Waals surface area contributed by atoms with Crippen molar-refractivity contribution in [3.05, 3.63) is 67.1 Å². The van der Waals surface area contributed by atoms with E-state index in [1.165, 1.54) is 23.1 Å². The number of urea groups is 1. The van der Waals surface area contributed by atoms with Gasteiger partial charge >= 0.3 is 12.0 Å². The van der Waals surface area contributed by atoms with E-state index in [2.05, 4.69) is 27.4 Å². The number of carbonyl (C=O) groups excluding carboxylic acids is 3. The van der Waals surface area contributed by atoms with Gasteiger partial charge in [-0.25, -0.2) is 9.59 Å². The molecule has 158 valence electrons. The van der Waals surface area contributed by atoms with Gasteiger partial charge in [0, 0.05) is 18.2 Å². The Morgan fingerprint density at radius 2 is 1.97 bits per heavy atom. The molecule has 0 radical (unpaired) electrons. The van der Waals surface area contributed by atoms with Gasteiger partial charge in [0.2, 0.25) is 0 Å². The summed E-state index contributed by atoms with van der Waals surface area (Å²) in [6.07, 6.45) is 4.26. The van der Waals surface area contributed by atoms with Gasteiger partial charge in [0.05, 0.1) is 6.26 Å². The second kappa shape index (κ2) is 10.3. The van der Waals surface area contributed by atoms with E-state index in [9.17, 15) is 14.4 Å². The van der Waals surface area contributed by atoms with E-state index in [4.69, 9.17) is 9.15 Å². The zero-order valence-electron chi connectivity index (χ0n) is 16.2. The number of imide groups is 1. The molecule has 2 heterocycles. The molecular formula is C20H18N6O5. The Morgan fingerprint density at radius 3 is 2.68 bits per heavy atom. The average molecular weight is 422 g/mol. The number of aromatic nitrogens is 4. The molecule has 31 heavy (non-hydrogen) atoms. The predicted octanol–water partition coefficient (Wildman–Crippen LogP) is 1.49. The van der Waals surface area contributed by atoms with Crippen LogP contribution < -0.4 is 10.6 Å². The third-order valence-electron chi connectivity index (χ3n) is 3.76. The van der Waals surface area contributed by atoms with Gasteiger partial charge < -0.3 is 14.5 Å². The standard InChI is InChI=1S/C20H18N6O5/c1-2-10-21-20(29)22-17(27)13-31-19(28)16(12-15-9-6-11-30-15)26-18(23-24-25-26)14-7-4-3-5-8-14/h2-9,11-12H,1,10,13H2,(H2,21,22,27,29)/b16-12-. The Balaban J connectivity index is 1.79. The van der Waals surface area contributed by atoms with Gasteiger partial charge in [-0.2, -0.15) is 4.68 Å². The first kappa shape index (κ1) is 21.2. The van der Waals surface area contributed by atoms with E-state index >= 15 is 0 Å². The number of furan rings is 1. The van der Waals surface area contributed by atoms with Crippen LogP contribution >= 0.6 is 0 Å². The number of nitrogens with one attached hydrogen (secondary N) is 2. The summed E-state index contributed by atoms with van der Waals surface area (Å²) in [7, 11) is 0. The molecule has 0 aliphatic carbocycles. The molecule has 1 aromatic carbocycles. The number of hydrogen-bond donors (Lipinski definition) is 2. The van der Waals surface area contributed by atoms with Gasteiger partial charge in [0.25, 0.3) is 5.91 Å². The van der Waals surface area contributed by atoms with Crippen molar-refractivity contribution in [2.75, 3.05) is 13.2 Å². The Labute approximate surface area is 176 Å². The number of carbonyl (C=O) groups is 3. The fourth-order valence-corrected chi connectivity index (χ4v) is 2.41. The predicted molar refractivity (Wildman–Crippen MR) is 109 cm³/mol. The molecule has 11 heteroatoms. The maximum Gasteiger partial charge on any atom is 0.357 e. The van der Waals surface area contributed by atoms with Crippen molar-refractivity contribution in [2.24, 2.45) is 0 Å². The zero-order chi connectivity index (χ0) is 22.1. The van der Waals surface area contributed by atoms with E-state index in [-0.39, 0.29) is 18.1 Å². The molecule has 2 N–H and O–H groups in total. The number of ether oxygens (including phenoxy) is 1. The number of esters is 1. The van der Waals surface area contributed by atoms with Gasteiger partial charge in [-0.15, -0.1) is 11.7 Å². The number of hydrogen-bond acceptors (Lipinski definition) is 8. The van der Waals surface area contributed by atoms with Crippen molar-refractivity contribution in [1.29, 1.82) is 0 Å².